The Bertz CT molecular complexity index is 389. The molecule has 0 aromatic carbocycles. The Morgan fingerprint density at radius 1 is 1.41 bits per heavy atom. The van der Waals surface area contributed by atoms with Gasteiger partial charge >= 0.3 is 0 Å². The molecule has 1 aromatic rings. The molecule has 0 spiro atoms. The first kappa shape index (κ1) is 13.2. The SMILES string of the molecule is CCN(CC)C(=O)CNc1ncnc(N)c1C. The van der Waals surface area contributed by atoms with Gasteiger partial charge in [0.25, 0.3) is 0 Å². The molecular weight excluding hydrogens is 218 g/mol. The van der Waals surface area contributed by atoms with Crippen molar-refractivity contribution in [3.8, 4) is 0 Å². The van der Waals surface area contributed by atoms with Crippen molar-refractivity contribution in [2.24, 2.45) is 0 Å². The second-order valence-electron chi connectivity index (χ2n) is 3.65. The van der Waals surface area contributed by atoms with Crippen LogP contribution in [0.2, 0.25) is 0 Å². The molecule has 17 heavy (non-hydrogen) atoms. The molecule has 3 N–H and O–H groups in total. The Hall–Kier alpha value is -1.85. The van der Waals surface area contributed by atoms with Crippen molar-refractivity contribution >= 4 is 17.5 Å². The van der Waals surface area contributed by atoms with Crippen LogP contribution < -0.4 is 11.1 Å². The zero-order valence-corrected chi connectivity index (χ0v) is 10.5. The molecule has 0 aliphatic rings. The normalized spacial score (nSPS) is 10.1. The topological polar surface area (TPSA) is 84.1 Å². The molecule has 6 nitrogen and oxygen atoms in total. The van der Waals surface area contributed by atoms with E-state index in [-0.39, 0.29) is 12.5 Å². The molecule has 0 aliphatic carbocycles. The molecule has 0 saturated carbocycles. The second-order valence-corrected chi connectivity index (χ2v) is 3.65. The molecule has 94 valence electrons. The van der Waals surface area contributed by atoms with Crippen LogP contribution in [0.5, 0.6) is 0 Å². The first-order valence-corrected chi connectivity index (χ1v) is 5.68. The second kappa shape index (κ2) is 6.03. The maximum absolute atomic E-state index is 11.8. The summed E-state index contributed by atoms with van der Waals surface area (Å²) in [7, 11) is 0. The number of hydrogen-bond donors (Lipinski definition) is 2. The van der Waals surface area contributed by atoms with Crippen molar-refractivity contribution < 1.29 is 4.79 Å². The molecule has 1 heterocycles. The van der Waals surface area contributed by atoms with Crippen LogP contribution in [0.25, 0.3) is 0 Å². The van der Waals surface area contributed by atoms with Gasteiger partial charge in [0.2, 0.25) is 5.91 Å². The van der Waals surface area contributed by atoms with Crippen LogP contribution in [-0.4, -0.2) is 40.4 Å². The maximum Gasteiger partial charge on any atom is 0.241 e. The molecule has 0 aliphatic heterocycles. The lowest BCUT2D eigenvalue weighted by atomic mass is 10.3. The zero-order chi connectivity index (χ0) is 12.8. The number of rotatable bonds is 5. The standard InChI is InChI=1S/C11H19N5O/c1-4-16(5-2)9(17)6-13-11-8(3)10(12)14-7-15-11/h7H,4-6H2,1-3H3,(H3,12,13,14,15). The highest BCUT2D eigenvalue weighted by molar-refractivity contribution is 5.80. The van der Waals surface area contributed by atoms with Crippen LogP contribution in [0.4, 0.5) is 11.6 Å². The van der Waals surface area contributed by atoms with Gasteiger partial charge in [-0.25, -0.2) is 9.97 Å². The van der Waals surface area contributed by atoms with Gasteiger partial charge < -0.3 is 16.0 Å². The fraction of sp³-hybridized carbons (Fsp3) is 0.545. The van der Waals surface area contributed by atoms with Gasteiger partial charge in [-0.3, -0.25) is 4.79 Å². The lowest BCUT2D eigenvalue weighted by Crippen LogP contribution is -2.35. The van der Waals surface area contributed by atoms with Crippen LogP contribution in [-0.2, 0) is 4.79 Å². The molecule has 1 aromatic heterocycles. The third-order valence-electron chi connectivity index (χ3n) is 2.65. The number of nitrogens with one attached hydrogen (secondary N) is 1. The van der Waals surface area contributed by atoms with Crippen molar-refractivity contribution in [2.75, 3.05) is 30.7 Å². The van der Waals surface area contributed by atoms with Crippen molar-refractivity contribution in [1.29, 1.82) is 0 Å². The van der Waals surface area contributed by atoms with E-state index in [1.54, 1.807) is 4.90 Å². The van der Waals surface area contributed by atoms with E-state index in [4.69, 9.17) is 5.73 Å². The van der Waals surface area contributed by atoms with E-state index in [0.29, 0.717) is 24.7 Å². The quantitative estimate of drug-likeness (QED) is 0.785. The van der Waals surface area contributed by atoms with Crippen molar-refractivity contribution in [2.45, 2.75) is 20.8 Å². The van der Waals surface area contributed by atoms with E-state index in [2.05, 4.69) is 15.3 Å². The van der Waals surface area contributed by atoms with Crippen LogP contribution in [0.15, 0.2) is 6.33 Å². The number of aromatic nitrogens is 2. The Balaban J connectivity index is 2.61. The number of nitrogens with zero attached hydrogens (tertiary/aromatic N) is 3. The molecule has 1 rings (SSSR count). The average Bonchev–Trinajstić information content (AvgIpc) is 2.32. The van der Waals surface area contributed by atoms with Gasteiger partial charge in [0.1, 0.15) is 18.0 Å². The predicted molar refractivity (Wildman–Crippen MR) is 67.6 cm³/mol. The predicted octanol–water partition coefficient (Wildman–Crippen LogP) is 0.648. The number of amides is 1. The summed E-state index contributed by atoms with van der Waals surface area (Å²) in [5.41, 5.74) is 6.42. The van der Waals surface area contributed by atoms with E-state index < -0.39 is 0 Å². The zero-order valence-electron chi connectivity index (χ0n) is 10.5. The molecule has 0 fully saturated rings. The summed E-state index contributed by atoms with van der Waals surface area (Å²) in [6.07, 6.45) is 1.38. The molecular formula is C11H19N5O. The van der Waals surface area contributed by atoms with Crippen molar-refractivity contribution in [1.82, 2.24) is 14.9 Å². The van der Waals surface area contributed by atoms with E-state index in [1.165, 1.54) is 6.33 Å². The summed E-state index contributed by atoms with van der Waals surface area (Å²) in [5, 5.41) is 2.98. The van der Waals surface area contributed by atoms with Gasteiger partial charge in [0.05, 0.1) is 6.54 Å². The van der Waals surface area contributed by atoms with Crippen LogP contribution in [0.3, 0.4) is 0 Å². The molecule has 0 saturated heterocycles. The van der Waals surface area contributed by atoms with Gasteiger partial charge in [0, 0.05) is 18.7 Å². The third kappa shape index (κ3) is 3.30. The van der Waals surface area contributed by atoms with Gasteiger partial charge in [-0.2, -0.15) is 0 Å². The van der Waals surface area contributed by atoms with E-state index >= 15 is 0 Å². The molecule has 0 atom stereocenters. The van der Waals surface area contributed by atoms with Crippen molar-refractivity contribution in [3.05, 3.63) is 11.9 Å². The largest absolute Gasteiger partial charge is 0.383 e. The maximum atomic E-state index is 11.8. The summed E-state index contributed by atoms with van der Waals surface area (Å²) < 4.78 is 0. The molecule has 0 radical (unpaired) electrons. The first-order valence-electron chi connectivity index (χ1n) is 5.68. The number of carbonyl (C=O) groups is 1. The number of anilines is 2. The fourth-order valence-electron chi connectivity index (χ4n) is 1.49. The summed E-state index contributed by atoms with van der Waals surface area (Å²) in [6.45, 7) is 7.37. The number of nitrogens with two attached hydrogens (primary N) is 1. The van der Waals surface area contributed by atoms with Crippen molar-refractivity contribution in [3.63, 3.8) is 0 Å². The number of likely N-dealkylation sites (N-methyl/N-ethyl adjacent to an activating group) is 1. The van der Waals surface area contributed by atoms with Gasteiger partial charge in [0.15, 0.2) is 0 Å². The number of hydrogen-bond acceptors (Lipinski definition) is 5. The lowest BCUT2D eigenvalue weighted by Gasteiger charge is -2.19. The molecule has 6 heteroatoms. The average molecular weight is 237 g/mol. The van der Waals surface area contributed by atoms with E-state index in [9.17, 15) is 4.79 Å². The Labute approximate surface area is 101 Å². The Morgan fingerprint density at radius 2 is 2.06 bits per heavy atom. The van der Waals surface area contributed by atoms with Crippen LogP contribution in [0, 0.1) is 6.92 Å². The molecule has 0 unspecified atom stereocenters. The summed E-state index contributed by atoms with van der Waals surface area (Å²) in [4.78, 5) is 21.4. The lowest BCUT2D eigenvalue weighted by molar-refractivity contribution is -0.128. The van der Waals surface area contributed by atoms with E-state index in [1.807, 2.05) is 20.8 Å². The monoisotopic (exact) mass is 237 g/mol. The van der Waals surface area contributed by atoms with Crippen LogP contribution >= 0.6 is 0 Å². The fourth-order valence-corrected chi connectivity index (χ4v) is 1.49. The van der Waals surface area contributed by atoms with Gasteiger partial charge in [-0.1, -0.05) is 0 Å². The minimum absolute atomic E-state index is 0.0478. The number of carbonyl (C=O) groups excluding carboxylic acids is 1. The summed E-state index contributed by atoms with van der Waals surface area (Å²) in [6, 6.07) is 0. The number of nitrogen functional groups attached to an aromatic ring is 1. The minimum atomic E-state index is 0.0478. The highest BCUT2D eigenvalue weighted by atomic mass is 16.2. The van der Waals surface area contributed by atoms with Gasteiger partial charge in [-0.15, -0.1) is 0 Å². The summed E-state index contributed by atoms with van der Waals surface area (Å²) >= 11 is 0. The minimum Gasteiger partial charge on any atom is -0.383 e. The third-order valence-corrected chi connectivity index (χ3v) is 2.65. The first-order chi connectivity index (χ1) is 8.10. The Kier molecular flexibility index (Phi) is 4.68. The molecule has 0 bridgehead atoms. The highest BCUT2D eigenvalue weighted by Crippen LogP contribution is 2.14. The summed E-state index contributed by atoms with van der Waals surface area (Å²) in [5.74, 6) is 1.09. The van der Waals surface area contributed by atoms with E-state index in [0.717, 1.165) is 5.56 Å². The Morgan fingerprint density at radius 3 is 2.65 bits per heavy atom. The smallest absolute Gasteiger partial charge is 0.241 e. The van der Waals surface area contributed by atoms with Gasteiger partial charge in [-0.05, 0) is 20.8 Å². The highest BCUT2D eigenvalue weighted by Gasteiger charge is 2.10. The van der Waals surface area contributed by atoms with Crippen LogP contribution in [0.1, 0.15) is 19.4 Å². The molecule has 1 amide bonds.